The predicted molar refractivity (Wildman–Crippen MR) is 78.6 cm³/mol. The van der Waals surface area contributed by atoms with Crippen molar-refractivity contribution in [3.05, 3.63) is 0 Å². The summed E-state index contributed by atoms with van der Waals surface area (Å²) in [5.74, 6) is -0.358. The van der Waals surface area contributed by atoms with Crippen LogP contribution in [-0.2, 0) is 14.3 Å². The van der Waals surface area contributed by atoms with E-state index in [1.165, 1.54) is 7.11 Å². The average Bonchev–Trinajstić information content (AvgIpc) is 2.46. The predicted octanol–water partition coefficient (Wildman–Crippen LogP) is 3.41. The number of carbonyl (C=O) groups is 2. The van der Waals surface area contributed by atoms with E-state index in [9.17, 15) is 9.59 Å². The molecule has 118 valence electrons. The quantitative estimate of drug-likeness (QED) is 0.467. The van der Waals surface area contributed by atoms with Gasteiger partial charge in [0.05, 0.1) is 13.7 Å². The SMILES string of the molecule is CCCCCCC(NC(=O)OC)C(=O)OCCCCC. The molecule has 0 heterocycles. The van der Waals surface area contributed by atoms with Crippen LogP contribution in [0.4, 0.5) is 4.79 Å². The van der Waals surface area contributed by atoms with Crippen LogP contribution >= 0.6 is 0 Å². The summed E-state index contributed by atoms with van der Waals surface area (Å²) in [7, 11) is 1.29. The van der Waals surface area contributed by atoms with Gasteiger partial charge in [0.25, 0.3) is 0 Å². The Hall–Kier alpha value is -1.26. The molecule has 20 heavy (non-hydrogen) atoms. The fourth-order valence-corrected chi connectivity index (χ4v) is 1.85. The molecule has 0 spiro atoms. The number of hydrogen-bond acceptors (Lipinski definition) is 4. The summed E-state index contributed by atoms with van der Waals surface area (Å²) < 4.78 is 9.74. The molecule has 1 N–H and O–H groups in total. The van der Waals surface area contributed by atoms with E-state index in [0.29, 0.717) is 13.0 Å². The Labute approximate surface area is 122 Å². The Kier molecular flexibility index (Phi) is 12.0. The third-order valence-electron chi connectivity index (χ3n) is 3.10. The number of unbranched alkanes of at least 4 members (excludes halogenated alkanes) is 5. The van der Waals surface area contributed by atoms with Gasteiger partial charge in [-0.1, -0.05) is 52.4 Å². The molecule has 0 aliphatic carbocycles. The minimum atomic E-state index is -0.596. The normalized spacial score (nSPS) is 11.8. The van der Waals surface area contributed by atoms with Crippen molar-refractivity contribution in [3.63, 3.8) is 0 Å². The molecule has 1 amide bonds. The van der Waals surface area contributed by atoms with Gasteiger partial charge in [-0.05, 0) is 12.8 Å². The van der Waals surface area contributed by atoms with E-state index >= 15 is 0 Å². The second-order valence-corrected chi connectivity index (χ2v) is 4.91. The molecule has 0 radical (unpaired) electrons. The number of ether oxygens (including phenoxy) is 2. The summed E-state index contributed by atoms with van der Waals surface area (Å²) in [5.41, 5.74) is 0. The monoisotopic (exact) mass is 287 g/mol. The largest absolute Gasteiger partial charge is 0.464 e. The maximum Gasteiger partial charge on any atom is 0.407 e. The van der Waals surface area contributed by atoms with Crippen molar-refractivity contribution >= 4 is 12.1 Å². The molecule has 5 nitrogen and oxygen atoms in total. The van der Waals surface area contributed by atoms with Crippen molar-refractivity contribution in [2.75, 3.05) is 13.7 Å². The zero-order valence-electron chi connectivity index (χ0n) is 13.1. The molecule has 5 heteroatoms. The van der Waals surface area contributed by atoms with Crippen molar-refractivity contribution in [1.82, 2.24) is 5.32 Å². The fraction of sp³-hybridized carbons (Fsp3) is 0.867. The molecule has 0 bridgehead atoms. The first-order valence-corrected chi connectivity index (χ1v) is 7.66. The van der Waals surface area contributed by atoms with Gasteiger partial charge in [-0.25, -0.2) is 9.59 Å². The van der Waals surface area contributed by atoms with Gasteiger partial charge in [0.15, 0.2) is 0 Å². The molecule has 0 aromatic heterocycles. The van der Waals surface area contributed by atoms with E-state index in [1.54, 1.807) is 0 Å². The molecular weight excluding hydrogens is 258 g/mol. The molecule has 0 aliphatic heterocycles. The number of methoxy groups -OCH3 is 1. The van der Waals surface area contributed by atoms with Gasteiger partial charge in [0.2, 0.25) is 0 Å². The van der Waals surface area contributed by atoms with Crippen LogP contribution in [0.3, 0.4) is 0 Å². The molecule has 0 rings (SSSR count). The first kappa shape index (κ1) is 18.7. The summed E-state index contributed by atoms with van der Waals surface area (Å²) in [6.45, 7) is 4.64. The third kappa shape index (κ3) is 9.64. The van der Waals surface area contributed by atoms with Crippen LogP contribution in [0.1, 0.15) is 65.2 Å². The molecule has 0 aliphatic rings. The van der Waals surface area contributed by atoms with Crippen molar-refractivity contribution < 1.29 is 19.1 Å². The van der Waals surface area contributed by atoms with Crippen molar-refractivity contribution in [1.29, 1.82) is 0 Å². The Balaban J connectivity index is 4.12. The summed E-state index contributed by atoms with van der Waals surface area (Å²) >= 11 is 0. The molecule has 1 unspecified atom stereocenters. The van der Waals surface area contributed by atoms with E-state index in [4.69, 9.17) is 4.74 Å². The van der Waals surface area contributed by atoms with E-state index < -0.39 is 12.1 Å². The topological polar surface area (TPSA) is 64.6 Å². The lowest BCUT2D eigenvalue weighted by Crippen LogP contribution is -2.41. The van der Waals surface area contributed by atoms with Crippen LogP contribution in [0.25, 0.3) is 0 Å². The van der Waals surface area contributed by atoms with Gasteiger partial charge < -0.3 is 14.8 Å². The van der Waals surface area contributed by atoms with Gasteiger partial charge in [-0.3, -0.25) is 0 Å². The fourth-order valence-electron chi connectivity index (χ4n) is 1.85. The Morgan fingerprint density at radius 2 is 1.65 bits per heavy atom. The van der Waals surface area contributed by atoms with Crippen LogP contribution in [0.5, 0.6) is 0 Å². The highest BCUT2D eigenvalue weighted by Crippen LogP contribution is 2.08. The van der Waals surface area contributed by atoms with Crippen LogP contribution < -0.4 is 5.32 Å². The zero-order valence-corrected chi connectivity index (χ0v) is 13.1. The number of alkyl carbamates (subject to hydrolysis) is 1. The number of hydrogen-bond donors (Lipinski definition) is 1. The highest BCUT2D eigenvalue weighted by atomic mass is 16.5. The van der Waals surface area contributed by atoms with Crippen molar-refractivity contribution in [2.45, 2.75) is 71.3 Å². The molecule has 0 fully saturated rings. The Morgan fingerprint density at radius 1 is 1.00 bits per heavy atom. The summed E-state index contributed by atoms with van der Waals surface area (Å²) in [4.78, 5) is 23.2. The first-order chi connectivity index (χ1) is 9.65. The van der Waals surface area contributed by atoms with Gasteiger partial charge in [0, 0.05) is 0 Å². The Bertz CT molecular complexity index is 269. The smallest absolute Gasteiger partial charge is 0.407 e. The summed E-state index contributed by atoms with van der Waals surface area (Å²) in [5, 5.41) is 2.55. The lowest BCUT2D eigenvalue weighted by atomic mass is 10.1. The summed E-state index contributed by atoms with van der Waals surface area (Å²) in [6.07, 6.45) is 7.22. The van der Waals surface area contributed by atoms with E-state index in [0.717, 1.165) is 44.9 Å². The maximum atomic E-state index is 11.9. The van der Waals surface area contributed by atoms with Gasteiger partial charge in [-0.2, -0.15) is 0 Å². The molecule has 0 saturated heterocycles. The lowest BCUT2D eigenvalue weighted by molar-refractivity contribution is -0.146. The van der Waals surface area contributed by atoms with E-state index in [-0.39, 0.29) is 5.97 Å². The van der Waals surface area contributed by atoms with Gasteiger partial charge >= 0.3 is 12.1 Å². The van der Waals surface area contributed by atoms with Gasteiger partial charge in [-0.15, -0.1) is 0 Å². The molecular formula is C15H29NO4. The van der Waals surface area contributed by atoms with Crippen LogP contribution in [0.2, 0.25) is 0 Å². The first-order valence-electron chi connectivity index (χ1n) is 7.66. The minimum Gasteiger partial charge on any atom is -0.464 e. The second kappa shape index (κ2) is 12.8. The summed E-state index contributed by atoms with van der Waals surface area (Å²) in [6, 6.07) is -0.596. The number of esters is 1. The van der Waals surface area contributed by atoms with Crippen LogP contribution in [0.15, 0.2) is 0 Å². The Morgan fingerprint density at radius 3 is 2.25 bits per heavy atom. The highest BCUT2D eigenvalue weighted by molar-refractivity contribution is 5.81. The maximum absolute atomic E-state index is 11.9. The van der Waals surface area contributed by atoms with Crippen LogP contribution in [0, 0.1) is 0 Å². The number of amides is 1. The number of carbonyl (C=O) groups excluding carboxylic acids is 2. The van der Waals surface area contributed by atoms with E-state index in [1.807, 2.05) is 0 Å². The van der Waals surface area contributed by atoms with Crippen molar-refractivity contribution in [2.24, 2.45) is 0 Å². The highest BCUT2D eigenvalue weighted by Gasteiger charge is 2.21. The lowest BCUT2D eigenvalue weighted by Gasteiger charge is -2.16. The average molecular weight is 287 g/mol. The van der Waals surface area contributed by atoms with Crippen LogP contribution in [-0.4, -0.2) is 31.8 Å². The van der Waals surface area contributed by atoms with E-state index in [2.05, 4.69) is 23.9 Å². The zero-order chi connectivity index (χ0) is 15.2. The number of nitrogens with one attached hydrogen (secondary N) is 1. The second-order valence-electron chi connectivity index (χ2n) is 4.91. The number of rotatable bonds is 11. The molecule has 0 aromatic rings. The van der Waals surface area contributed by atoms with Gasteiger partial charge in [0.1, 0.15) is 6.04 Å². The van der Waals surface area contributed by atoms with Crippen molar-refractivity contribution in [3.8, 4) is 0 Å². The molecule has 1 atom stereocenters. The molecule has 0 saturated carbocycles. The molecule has 0 aromatic carbocycles. The minimum absolute atomic E-state index is 0.358. The standard InChI is InChI=1S/C15H29NO4/c1-4-6-8-9-11-13(16-15(18)19-3)14(17)20-12-10-7-5-2/h13H,4-12H2,1-3H3,(H,16,18). The third-order valence-corrected chi connectivity index (χ3v) is 3.10.